The Morgan fingerprint density at radius 2 is 2.17 bits per heavy atom. The highest BCUT2D eigenvalue weighted by molar-refractivity contribution is 9.10. The van der Waals surface area contributed by atoms with E-state index in [0.29, 0.717) is 4.47 Å². The maximum absolute atomic E-state index is 13.0. The van der Waals surface area contributed by atoms with Crippen LogP contribution in [0.3, 0.4) is 0 Å². The molecule has 0 saturated carbocycles. The first-order valence-electron chi connectivity index (χ1n) is 3.20. The average Bonchev–Trinajstić information content (AvgIpc) is 2.03. The monoisotopic (exact) mass is 294 g/mol. The van der Waals surface area contributed by atoms with Gasteiger partial charge in [0.2, 0.25) is 0 Å². The van der Waals surface area contributed by atoms with E-state index in [0.717, 1.165) is 0 Å². The third-order valence-corrected chi connectivity index (χ3v) is 2.53. The summed E-state index contributed by atoms with van der Waals surface area (Å²) < 4.78 is 13.5. The normalized spacial score (nSPS) is 9.92. The van der Waals surface area contributed by atoms with Crippen LogP contribution in [0.2, 0.25) is 0 Å². The maximum Gasteiger partial charge on any atom is 0.177 e. The van der Waals surface area contributed by atoms with Crippen LogP contribution < -0.4 is 0 Å². The van der Waals surface area contributed by atoms with Crippen LogP contribution in [0.1, 0.15) is 10.4 Å². The van der Waals surface area contributed by atoms with Gasteiger partial charge in [0.15, 0.2) is 5.78 Å². The van der Waals surface area contributed by atoms with Crippen LogP contribution >= 0.6 is 31.9 Å². The Balaban J connectivity index is 3.21. The van der Waals surface area contributed by atoms with Crippen molar-refractivity contribution >= 4 is 37.6 Å². The lowest BCUT2D eigenvalue weighted by Crippen LogP contribution is -2.04. The van der Waals surface area contributed by atoms with Crippen molar-refractivity contribution in [2.75, 3.05) is 5.33 Å². The van der Waals surface area contributed by atoms with E-state index in [-0.39, 0.29) is 16.7 Å². The number of benzene rings is 1. The molecule has 0 aliphatic rings. The molecule has 12 heavy (non-hydrogen) atoms. The molecule has 0 aliphatic carbocycles. The third kappa shape index (κ3) is 1.93. The maximum atomic E-state index is 13.0. The molecule has 0 radical (unpaired) electrons. The molecule has 0 amide bonds. The van der Waals surface area contributed by atoms with Crippen molar-refractivity contribution in [3.05, 3.63) is 34.1 Å². The topological polar surface area (TPSA) is 17.1 Å². The minimum atomic E-state index is -0.492. The number of carbonyl (C=O) groups is 1. The molecule has 4 heteroatoms. The van der Waals surface area contributed by atoms with Crippen molar-refractivity contribution in [1.82, 2.24) is 0 Å². The molecular formula is C8H5Br2FO. The standard InChI is InChI=1S/C8H5Br2FO/c9-4-7(12)8-5(10)2-1-3-6(8)11/h1-3H,4H2. The summed E-state index contributed by atoms with van der Waals surface area (Å²) in [5, 5.41) is 0.131. The van der Waals surface area contributed by atoms with Gasteiger partial charge in [-0.3, -0.25) is 4.79 Å². The second kappa shape index (κ2) is 4.14. The van der Waals surface area contributed by atoms with Crippen molar-refractivity contribution in [3.63, 3.8) is 0 Å². The highest BCUT2D eigenvalue weighted by atomic mass is 79.9. The fourth-order valence-electron chi connectivity index (χ4n) is 0.831. The number of halogens is 3. The van der Waals surface area contributed by atoms with Crippen LogP contribution in [0.4, 0.5) is 4.39 Å². The van der Waals surface area contributed by atoms with Crippen LogP contribution in [-0.4, -0.2) is 11.1 Å². The van der Waals surface area contributed by atoms with E-state index in [1.165, 1.54) is 6.07 Å². The van der Waals surface area contributed by atoms with E-state index in [2.05, 4.69) is 31.9 Å². The lowest BCUT2D eigenvalue weighted by Gasteiger charge is -2.01. The zero-order valence-corrected chi connectivity index (χ0v) is 9.15. The Kier molecular flexibility index (Phi) is 3.40. The van der Waals surface area contributed by atoms with Crippen molar-refractivity contribution in [3.8, 4) is 0 Å². The molecule has 0 bridgehead atoms. The van der Waals surface area contributed by atoms with Crippen molar-refractivity contribution < 1.29 is 9.18 Å². The van der Waals surface area contributed by atoms with Crippen LogP contribution in [0.5, 0.6) is 0 Å². The minimum absolute atomic E-state index is 0.106. The molecule has 0 N–H and O–H groups in total. The van der Waals surface area contributed by atoms with Crippen LogP contribution in [-0.2, 0) is 0 Å². The van der Waals surface area contributed by atoms with Gasteiger partial charge < -0.3 is 0 Å². The summed E-state index contributed by atoms with van der Waals surface area (Å²) in [6, 6.07) is 4.45. The number of carbonyl (C=O) groups excluding carboxylic acids is 1. The van der Waals surface area contributed by atoms with Crippen LogP contribution in [0.15, 0.2) is 22.7 Å². The molecule has 0 aromatic heterocycles. The van der Waals surface area contributed by atoms with Gasteiger partial charge in [-0.25, -0.2) is 4.39 Å². The Hall–Kier alpha value is -0.220. The number of Topliss-reactive ketones (excluding diaryl/α,β-unsaturated/α-hetero) is 1. The minimum Gasteiger partial charge on any atom is -0.293 e. The van der Waals surface area contributed by atoms with Gasteiger partial charge in [0.25, 0.3) is 0 Å². The SMILES string of the molecule is O=C(CBr)c1c(F)cccc1Br. The zero-order valence-electron chi connectivity index (χ0n) is 5.98. The molecule has 0 fully saturated rings. The summed E-state index contributed by atoms with van der Waals surface area (Å²) in [5.41, 5.74) is 0.106. The van der Waals surface area contributed by atoms with E-state index in [1.54, 1.807) is 12.1 Å². The van der Waals surface area contributed by atoms with Gasteiger partial charge in [-0.2, -0.15) is 0 Å². The Bertz CT molecular complexity index is 292. The van der Waals surface area contributed by atoms with Crippen LogP contribution in [0, 0.1) is 5.82 Å². The third-order valence-electron chi connectivity index (χ3n) is 1.36. The van der Waals surface area contributed by atoms with Gasteiger partial charge in [-0.15, -0.1) is 0 Å². The quantitative estimate of drug-likeness (QED) is 0.605. The van der Waals surface area contributed by atoms with E-state index in [1.807, 2.05) is 0 Å². The van der Waals surface area contributed by atoms with Gasteiger partial charge in [0.1, 0.15) is 5.82 Å². The molecule has 0 spiro atoms. The lowest BCUT2D eigenvalue weighted by molar-refractivity contribution is 0.101. The first-order valence-corrected chi connectivity index (χ1v) is 5.11. The largest absolute Gasteiger partial charge is 0.293 e. The summed E-state index contributed by atoms with van der Waals surface area (Å²) in [7, 11) is 0. The Morgan fingerprint density at radius 1 is 1.50 bits per heavy atom. The number of rotatable bonds is 2. The number of alkyl halides is 1. The fraction of sp³-hybridized carbons (Fsp3) is 0.125. The first kappa shape index (κ1) is 9.86. The molecule has 64 valence electrons. The first-order chi connectivity index (χ1) is 5.66. The summed E-state index contributed by atoms with van der Waals surface area (Å²) in [5.74, 6) is -0.756. The average molecular weight is 296 g/mol. The van der Waals surface area contributed by atoms with Gasteiger partial charge in [-0.05, 0) is 28.1 Å². The second-order valence-electron chi connectivity index (χ2n) is 2.15. The molecular weight excluding hydrogens is 291 g/mol. The predicted octanol–water partition coefficient (Wildman–Crippen LogP) is 3.17. The van der Waals surface area contributed by atoms with Crippen molar-refractivity contribution in [1.29, 1.82) is 0 Å². The predicted molar refractivity (Wildman–Crippen MR) is 52.2 cm³/mol. The molecule has 0 heterocycles. The van der Waals surface area contributed by atoms with E-state index in [4.69, 9.17) is 0 Å². The van der Waals surface area contributed by atoms with E-state index >= 15 is 0 Å². The molecule has 1 aromatic carbocycles. The van der Waals surface area contributed by atoms with Crippen molar-refractivity contribution in [2.24, 2.45) is 0 Å². The van der Waals surface area contributed by atoms with Gasteiger partial charge in [0.05, 0.1) is 10.9 Å². The summed E-state index contributed by atoms with van der Waals surface area (Å²) in [6.45, 7) is 0. The molecule has 0 saturated heterocycles. The van der Waals surface area contributed by atoms with Crippen LogP contribution in [0.25, 0.3) is 0 Å². The molecule has 1 rings (SSSR count). The van der Waals surface area contributed by atoms with Gasteiger partial charge >= 0.3 is 0 Å². The zero-order chi connectivity index (χ0) is 9.14. The van der Waals surface area contributed by atoms with E-state index in [9.17, 15) is 9.18 Å². The smallest absolute Gasteiger partial charge is 0.177 e. The summed E-state index contributed by atoms with van der Waals surface area (Å²) in [4.78, 5) is 11.1. The fourth-order valence-corrected chi connectivity index (χ4v) is 1.67. The number of hydrogen-bond donors (Lipinski definition) is 0. The second-order valence-corrected chi connectivity index (χ2v) is 3.57. The number of hydrogen-bond acceptors (Lipinski definition) is 1. The molecule has 1 nitrogen and oxygen atoms in total. The highest BCUT2D eigenvalue weighted by Crippen LogP contribution is 2.20. The number of ketones is 1. The summed E-state index contributed by atoms with van der Waals surface area (Å²) in [6.07, 6.45) is 0. The lowest BCUT2D eigenvalue weighted by atomic mass is 10.1. The summed E-state index contributed by atoms with van der Waals surface area (Å²) >= 11 is 6.09. The van der Waals surface area contributed by atoms with Crippen molar-refractivity contribution in [2.45, 2.75) is 0 Å². The Morgan fingerprint density at radius 3 is 2.67 bits per heavy atom. The molecule has 0 atom stereocenters. The molecule has 1 aromatic rings. The highest BCUT2D eigenvalue weighted by Gasteiger charge is 2.13. The Labute approximate surface area is 86.2 Å². The molecule has 0 unspecified atom stereocenters. The van der Waals surface area contributed by atoms with E-state index < -0.39 is 5.82 Å². The molecule has 0 aliphatic heterocycles. The van der Waals surface area contributed by atoms with Gasteiger partial charge in [0, 0.05) is 4.47 Å². The van der Waals surface area contributed by atoms with Gasteiger partial charge in [-0.1, -0.05) is 22.0 Å².